The molecule has 0 amide bonds. The van der Waals surface area contributed by atoms with E-state index in [4.69, 9.17) is 18.0 Å². The van der Waals surface area contributed by atoms with Crippen LogP contribution in [0.1, 0.15) is 18.2 Å². The molecule has 0 saturated heterocycles. The van der Waals surface area contributed by atoms with Crippen LogP contribution in [-0.2, 0) is 6.54 Å². The van der Waals surface area contributed by atoms with Crippen molar-refractivity contribution in [1.29, 1.82) is 0 Å². The second-order valence-electron chi connectivity index (χ2n) is 4.34. The number of nitrogens with two attached hydrogens (primary N) is 1. The molecular weight excluding hydrogens is 273 g/mol. The van der Waals surface area contributed by atoms with Gasteiger partial charge in [-0.1, -0.05) is 30.4 Å². The minimum Gasteiger partial charge on any atom is -0.388 e. The Morgan fingerprint density at radius 1 is 1.30 bits per heavy atom. The first-order chi connectivity index (χ1) is 9.63. The Labute approximate surface area is 123 Å². The maximum Gasteiger partial charge on any atom is 0.146 e. The number of para-hydroxylation sites is 1. The quantitative estimate of drug-likeness (QED) is 0.859. The fraction of sp³-hybridized carbons (Fsp3) is 0.200. The summed E-state index contributed by atoms with van der Waals surface area (Å²) in [5, 5.41) is 0. The van der Waals surface area contributed by atoms with Crippen molar-refractivity contribution >= 4 is 22.9 Å². The lowest BCUT2D eigenvalue weighted by atomic mass is 10.1. The maximum atomic E-state index is 13.9. The topological polar surface area (TPSA) is 42.2 Å². The van der Waals surface area contributed by atoms with Gasteiger partial charge in [-0.25, -0.2) is 4.39 Å². The van der Waals surface area contributed by atoms with Crippen molar-refractivity contribution in [2.24, 2.45) is 5.73 Å². The molecule has 2 N–H and O–H groups in total. The van der Waals surface area contributed by atoms with Crippen LogP contribution in [0.4, 0.5) is 10.1 Å². The molecule has 0 saturated carbocycles. The molecule has 5 heteroatoms. The SMILES string of the molecule is CCN(Cc1cccnc1C(N)=S)c1ccccc1F. The average Bonchev–Trinajstić information content (AvgIpc) is 2.46. The Bertz CT molecular complexity index is 616. The van der Waals surface area contributed by atoms with Crippen LogP contribution in [0.25, 0.3) is 0 Å². The number of aromatic nitrogens is 1. The lowest BCUT2D eigenvalue weighted by molar-refractivity contribution is 0.618. The van der Waals surface area contributed by atoms with Crippen molar-refractivity contribution in [3.05, 3.63) is 59.7 Å². The van der Waals surface area contributed by atoms with Gasteiger partial charge in [-0.2, -0.15) is 0 Å². The number of pyridine rings is 1. The number of hydrogen-bond donors (Lipinski definition) is 1. The zero-order valence-corrected chi connectivity index (χ0v) is 12.0. The van der Waals surface area contributed by atoms with E-state index >= 15 is 0 Å². The first-order valence-electron chi connectivity index (χ1n) is 6.36. The van der Waals surface area contributed by atoms with Crippen molar-refractivity contribution in [3.8, 4) is 0 Å². The highest BCUT2D eigenvalue weighted by atomic mass is 32.1. The normalized spacial score (nSPS) is 10.3. The predicted molar refractivity (Wildman–Crippen MR) is 83.2 cm³/mol. The summed E-state index contributed by atoms with van der Waals surface area (Å²) in [6.07, 6.45) is 1.65. The van der Waals surface area contributed by atoms with E-state index in [0.717, 1.165) is 5.56 Å². The number of thiocarbonyl (C=S) groups is 1. The fourth-order valence-corrected chi connectivity index (χ4v) is 2.25. The second-order valence-corrected chi connectivity index (χ2v) is 4.78. The summed E-state index contributed by atoms with van der Waals surface area (Å²) in [6.45, 7) is 3.16. The molecule has 2 aromatic rings. The van der Waals surface area contributed by atoms with Gasteiger partial charge in [0, 0.05) is 24.8 Å². The maximum absolute atomic E-state index is 13.9. The molecule has 1 heterocycles. The molecule has 0 aliphatic heterocycles. The smallest absolute Gasteiger partial charge is 0.146 e. The van der Waals surface area contributed by atoms with Gasteiger partial charge in [0.15, 0.2) is 0 Å². The van der Waals surface area contributed by atoms with E-state index < -0.39 is 0 Å². The van der Waals surface area contributed by atoms with Gasteiger partial charge >= 0.3 is 0 Å². The van der Waals surface area contributed by atoms with Crippen molar-refractivity contribution in [3.63, 3.8) is 0 Å². The molecule has 104 valence electrons. The number of nitrogens with zero attached hydrogens (tertiary/aromatic N) is 2. The first-order valence-corrected chi connectivity index (χ1v) is 6.77. The van der Waals surface area contributed by atoms with Gasteiger partial charge < -0.3 is 10.6 Å². The zero-order valence-electron chi connectivity index (χ0n) is 11.2. The third-order valence-corrected chi connectivity index (χ3v) is 3.25. The van der Waals surface area contributed by atoms with E-state index in [2.05, 4.69) is 4.98 Å². The molecule has 0 radical (unpaired) electrons. The predicted octanol–water partition coefficient (Wildman–Crippen LogP) is 2.88. The average molecular weight is 289 g/mol. The third-order valence-electron chi connectivity index (χ3n) is 3.06. The standard InChI is InChI=1S/C15H16FN3S/c1-2-19(13-8-4-3-7-12(13)16)10-11-6-5-9-18-14(11)15(17)20/h3-9H,2,10H2,1H3,(H2,17,20). The van der Waals surface area contributed by atoms with Gasteiger partial charge in [0.2, 0.25) is 0 Å². The number of benzene rings is 1. The largest absolute Gasteiger partial charge is 0.388 e. The highest BCUT2D eigenvalue weighted by Gasteiger charge is 2.13. The summed E-state index contributed by atoms with van der Waals surface area (Å²) in [4.78, 5) is 6.37. The molecule has 2 rings (SSSR count). The summed E-state index contributed by atoms with van der Waals surface area (Å²) in [6, 6.07) is 10.4. The van der Waals surface area contributed by atoms with Crippen LogP contribution in [-0.4, -0.2) is 16.5 Å². The zero-order chi connectivity index (χ0) is 14.5. The van der Waals surface area contributed by atoms with Crippen LogP contribution >= 0.6 is 12.2 Å². The Kier molecular flexibility index (Phi) is 4.63. The van der Waals surface area contributed by atoms with Crippen LogP contribution in [0.3, 0.4) is 0 Å². The van der Waals surface area contributed by atoms with Crippen LogP contribution < -0.4 is 10.6 Å². The number of hydrogen-bond acceptors (Lipinski definition) is 3. The molecular formula is C15H16FN3S. The Morgan fingerprint density at radius 3 is 2.70 bits per heavy atom. The van der Waals surface area contributed by atoms with E-state index in [0.29, 0.717) is 24.5 Å². The Morgan fingerprint density at radius 2 is 2.05 bits per heavy atom. The van der Waals surface area contributed by atoms with Crippen molar-refractivity contribution in [2.75, 3.05) is 11.4 Å². The van der Waals surface area contributed by atoms with Crippen LogP contribution in [0.5, 0.6) is 0 Å². The van der Waals surface area contributed by atoms with E-state index in [1.165, 1.54) is 6.07 Å². The molecule has 0 unspecified atom stereocenters. The van der Waals surface area contributed by atoms with Crippen LogP contribution in [0, 0.1) is 5.82 Å². The van der Waals surface area contributed by atoms with Gasteiger partial charge in [-0.05, 0) is 25.1 Å². The molecule has 0 aliphatic rings. The molecule has 1 aromatic carbocycles. The minimum atomic E-state index is -0.241. The third kappa shape index (κ3) is 3.11. The molecule has 0 fully saturated rings. The summed E-state index contributed by atoms with van der Waals surface area (Å²) in [5.74, 6) is -0.241. The molecule has 0 bridgehead atoms. The van der Waals surface area contributed by atoms with Crippen molar-refractivity contribution in [2.45, 2.75) is 13.5 Å². The van der Waals surface area contributed by atoms with Crippen molar-refractivity contribution < 1.29 is 4.39 Å². The number of anilines is 1. The number of halogens is 1. The van der Waals surface area contributed by atoms with E-state index in [-0.39, 0.29) is 10.8 Å². The first kappa shape index (κ1) is 14.4. The molecule has 0 aliphatic carbocycles. The Hall–Kier alpha value is -2.01. The summed E-state index contributed by atoms with van der Waals surface area (Å²) in [7, 11) is 0. The Balaban J connectivity index is 2.32. The lowest BCUT2D eigenvalue weighted by Gasteiger charge is -2.24. The van der Waals surface area contributed by atoms with Crippen molar-refractivity contribution in [1.82, 2.24) is 4.98 Å². The molecule has 20 heavy (non-hydrogen) atoms. The van der Waals surface area contributed by atoms with Crippen LogP contribution in [0.15, 0.2) is 42.6 Å². The summed E-state index contributed by atoms with van der Waals surface area (Å²) < 4.78 is 13.9. The van der Waals surface area contributed by atoms with E-state index in [1.54, 1.807) is 18.3 Å². The summed E-state index contributed by atoms with van der Waals surface area (Å²) in [5.41, 5.74) is 7.73. The van der Waals surface area contributed by atoms with Crippen LogP contribution in [0.2, 0.25) is 0 Å². The second kappa shape index (κ2) is 6.43. The minimum absolute atomic E-state index is 0.241. The molecule has 1 aromatic heterocycles. The highest BCUT2D eigenvalue weighted by Crippen LogP contribution is 2.21. The van der Waals surface area contributed by atoms with E-state index in [9.17, 15) is 4.39 Å². The lowest BCUT2D eigenvalue weighted by Crippen LogP contribution is -2.25. The highest BCUT2D eigenvalue weighted by molar-refractivity contribution is 7.80. The monoisotopic (exact) mass is 289 g/mol. The van der Waals surface area contributed by atoms with Gasteiger partial charge in [0.25, 0.3) is 0 Å². The number of rotatable bonds is 5. The molecule has 3 nitrogen and oxygen atoms in total. The van der Waals surface area contributed by atoms with E-state index in [1.807, 2.05) is 30.0 Å². The van der Waals surface area contributed by atoms with Gasteiger partial charge in [-0.3, -0.25) is 4.98 Å². The van der Waals surface area contributed by atoms with Gasteiger partial charge in [0.1, 0.15) is 16.5 Å². The van der Waals surface area contributed by atoms with Gasteiger partial charge in [0.05, 0.1) is 5.69 Å². The molecule has 0 atom stereocenters. The molecule has 0 spiro atoms. The fourth-order valence-electron chi connectivity index (χ4n) is 2.07. The van der Waals surface area contributed by atoms with Gasteiger partial charge in [-0.15, -0.1) is 0 Å². The summed E-state index contributed by atoms with van der Waals surface area (Å²) >= 11 is 5.00.